The first-order valence-corrected chi connectivity index (χ1v) is 5.07. The molecule has 0 aliphatic heterocycles. The smallest absolute Gasteiger partial charge is 0.225 e. The molecule has 5 nitrogen and oxygen atoms in total. The molecule has 6 heteroatoms. The Morgan fingerprint density at radius 1 is 1.62 bits per heavy atom. The molecule has 0 aliphatic carbocycles. The maximum Gasteiger partial charge on any atom is 0.225 e. The van der Waals surface area contributed by atoms with Gasteiger partial charge in [0.05, 0.1) is 11.9 Å². The Morgan fingerprint density at radius 2 is 2.25 bits per heavy atom. The average molecular weight is 228 g/mol. The van der Waals surface area contributed by atoms with Gasteiger partial charge in [0.25, 0.3) is 0 Å². The highest BCUT2D eigenvalue weighted by molar-refractivity contribution is 5.81. The van der Waals surface area contributed by atoms with Crippen LogP contribution in [0, 0.1) is 5.41 Å². The summed E-state index contributed by atoms with van der Waals surface area (Å²) in [6.07, 6.45) is 1.45. The number of hydrogen-bond donors (Lipinski definition) is 1. The molecule has 0 aliphatic rings. The van der Waals surface area contributed by atoms with E-state index in [9.17, 15) is 9.18 Å². The lowest BCUT2D eigenvalue weighted by Crippen LogP contribution is -2.38. The topological polar surface area (TPSA) is 59.8 Å². The number of halogens is 1. The van der Waals surface area contributed by atoms with Crippen LogP contribution in [-0.4, -0.2) is 27.6 Å². The summed E-state index contributed by atoms with van der Waals surface area (Å²) >= 11 is 0. The molecule has 1 atom stereocenters. The van der Waals surface area contributed by atoms with Crippen LogP contribution >= 0.6 is 0 Å². The molecular weight excluding hydrogens is 211 g/mol. The third-order valence-electron chi connectivity index (χ3n) is 2.25. The summed E-state index contributed by atoms with van der Waals surface area (Å²) in [5.74, 6) is -0.198. The second kappa shape index (κ2) is 4.59. The lowest BCUT2D eigenvalue weighted by molar-refractivity contribution is -0.129. The fourth-order valence-electron chi connectivity index (χ4n) is 1.18. The van der Waals surface area contributed by atoms with E-state index in [0.29, 0.717) is 5.69 Å². The second-order valence-electron chi connectivity index (χ2n) is 4.71. The second-order valence-corrected chi connectivity index (χ2v) is 4.71. The van der Waals surface area contributed by atoms with Gasteiger partial charge in [-0.2, -0.15) is 0 Å². The molecule has 1 N–H and O–H groups in total. The summed E-state index contributed by atoms with van der Waals surface area (Å²) < 4.78 is 14.3. The molecular formula is C10H17FN4O. The van der Waals surface area contributed by atoms with Crippen LogP contribution in [0.1, 0.15) is 32.5 Å². The first-order valence-electron chi connectivity index (χ1n) is 5.07. The van der Waals surface area contributed by atoms with Gasteiger partial charge >= 0.3 is 0 Å². The standard InChI is InChI=1S/C10H17FN4O/c1-10(2,3)9(16)13-7(5-11)8-6-12-14-15(8)4/h6-7H,5H2,1-4H3,(H,13,16). The molecule has 0 spiro atoms. The largest absolute Gasteiger partial charge is 0.345 e. The van der Waals surface area contributed by atoms with Gasteiger partial charge < -0.3 is 5.32 Å². The lowest BCUT2D eigenvalue weighted by atomic mass is 9.95. The Bertz CT molecular complexity index is 369. The van der Waals surface area contributed by atoms with Crippen molar-refractivity contribution >= 4 is 5.91 Å². The normalized spacial score (nSPS) is 13.6. The van der Waals surface area contributed by atoms with Crippen LogP contribution in [0.2, 0.25) is 0 Å². The van der Waals surface area contributed by atoms with E-state index in [0.717, 1.165) is 0 Å². The van der Waals surface area contributed by atoms with Crippen LogP contribution in [0.4, 0.5) is 4.39 Å². The van der Waals surface area contributed by atoms with Gasteiger partial charge in [0.2, 0.25) is 5.91 Å². The van der Waals surface area contributed by atoms with Gasteiger partial charge in [-0.15, -0.1) is 5.10 Å². The van der Waals surface area contributed by atoms with Crippen molar-refractivity contribution in [3.05, 3.63) is 11.9 Å². The summed E-state index contributed by atoms with van der Waals surface area (Å²) in [4.78, 5) is 11.7. The minimum Gasteiger partial charge on any atom is -0.345 e. The number of amides is 1. The predicted molar refractivity (Wildman–Crippen MR) is 57.3 cm³/mol. The molecule has 0 saturated carbocycles. The number of nitrogens with zero attached hydrogens (tertiary/aromatic N) is 3. The number of carbonyl (C=O) groups is 1. The molecule has 1 aromatic rings. The molecule has 0 radical (unpaired) electrons. The molecule has 0 bridgehead atoms. The molecule has 1 unspecified atom stereocenters. The third-order valence-corrected chi connectivity index (χ3v) is 2.25. The highest BCUT2D eigenvalue weighted by Gasteiger charge is 2.26. The van der Waals surface area contributed by atoms with E-state index in [2.05, 4.69) is 15.6 Å². The van der Waals surface area contributed by atoms with Crippen LogP contribution in [0.15, 0.2) is 6.20 Å². The van der Waals surface area contributed by atoms with Gasteiger partial charge in [-0.25, -0.2) is 4.39 Å². The van der Waals surface area contributed by atoms with E-state index >= 15 is 0 Å². The van der Waals surface area contributed by atoms with E-state index in [1.165, 1.54) is 10.9 Å². The number of nitrogens with one attached hydrogen (secondary N) is 1. The van der Waals surface area contributed by atoms with Crippen LogP contribution in [-0.2, 0) is 11.8 Å². The van der Waals surface area contributed by atoms with E-state index in [1.807, 2.05) is 0 Å². The SMILES string of the molecule is Cn1nncc1C(CF)NC(=O)C(C)(C)C. The van der Waals surface area contributed by atoms with Gasteiger partial charge in [0.1, 0.15) is 12.7 Å². The first-order chi connectivity index (χ1) is 7.36. The molecule has 1 aromatic heterocycles. The van der Waals surface area contributed by atoms with Crippen molar-refractivity contribution in [1.29, 1.82) is 0 Å². The fourth-order valence-corrected chi connectivity index (χ4v) is 1.18. The van der Waals surface area contributed by atoms with Gasteiger partial charge in [-0.05, 0) is 0 Å². The summed E-state index contributed by atoms with van der Waals surface area (Å²) in [6.45, 7) is 4.65. The van der Waals surface area contributed by atoms with E-state index in [4.69, 9.17) is 0 Å². The van der Waals surface area contributed by atoms with Crippen LogP contribution < -0.4 is 5.32 Å². The maximum absolute atomic E-state index is 12.9. The minimum atomic E-state index is -0.688. The van der Waals surface area contributed by atoms with E-state index in [-0.39, 0.29) is 5.91 Å². The zero-order valence-electron chi connectivity index (χ0n) is 9.99. The van der Waals surface area contributed by atoms with Crippen molar-refractivity contribution in [3.8, 4) is 0 Å². The molecule has 0 fully saturated rings. The molecule has 1 heterocycles. The van der Waals surface area contributed by atoms with Crippen molar-refractivity contribution in [2.45, 2.75) is 26.8 Å². The third kappa shape index (κ3) is 2.77. The molecule has 16 heavy (non-hydrogen) atoms. The zero-order valence-corrected chi connectivity index (χ0v) is 9.99. The Balaban J connectivity index is 2.78. The fraction of sp³-hybridized carbons (Fsp3) is 0.700. The highest BCUT2D eigenvalue weighted by Crippen LogP contribution is 2.17. The summed E-state index contributed by atoms with van der Waals surface area (Å²) in [5.41, 5.74) is 0.0134. The predicted octanol–water partition coefficient (Wildman–Crippen LogP) is 0.988. The molecule has 1 rings (SSSR count). The number of hydrogen-bond acceptors (Lipinski definition) is 3. The van der Waals surface area contributed by atoms with Crippen molar-refractivity contribution in [1.82, 2.24) is 20.3 Å². The van der Waals surface area contributed by atoms with Crippen LogP contribution in [0.3, 0.4) is 0 Å². The van der Waals surface area contributed by atoms with Crippen molar-refractivity contribution in [2.24, 2.45) is 12.5 Å². The lowest BCUT2D eigenvalue weighted by Gasteiger charge is -2.22. The Labute approximate surface area is 94.0 Å². The van der Waals surface area contributed by atoms with Gasteiger partial charge in [0.15, 0.2) is 0 Å². The number of aromatic nitrogens is 3. The van der Waals surface area contributed by atoms with Crippen molar-refractivity contribution < 1.29 is 9.18 Å². The quantitative estimate of drug-likeness (QED) is 0.839. The Kier molecular flexibility index (Phi) is 3.62. The number of aryl methyl sites for hydroxylation is 1. The van der Waals surface area contributed by atoms with Crippen LogP contribution in [0.5, 0.6) is 0 Å². The maximum atomic E-state index is 12.9. The summed E-state index contributed by atoms with van der Waals surface area (Å²) in [5, 5.41) is 9.99. The van der Waals surface area contributed by atoms with E-state index in [1.54, 1.807) is 27.8 Å². The molecule has 0 aromatic carbocycles. The summed E-state index contributed by atoms with van der Waals surface area (Å²) in [6, 6.07) is -0.688. The van der Waals surface area contributed by atoms with Gasteiger partial charge in [-0.3, -0.25) is 9.48 Å². The summed E-state index contributed by atoms with van der Waals surface area (Å²) in [7, 11) is 1.66. The van der Waals surface area contributed by atoms with Crippen LogP contribution in [0.25, 0.3) is 0 Å². The van der Waals surface area contributed by atoms with Crippen molar-refractivity contribution in [3.63, 3.8) is 0 Å². The van der Waals surface area contributed by atoms with Crippen molar-refractivity contribution in [2.75, 3.05) is 6.67 Å². The number of rotatable bonds is 3. The molecule has 90 valence electrons. The Morgan fingerprint density at radius 3 is 2.62 bits per heavy atom. The molecule has 0 saturated heterocycles. The minimum absolute atomic E-state index is 0.198. The monoisotopic (exact) mass is 228 g/mol. The molecule has 1 amide bonds. The average Bonchev–Trinajstić information content (AvgIpc) is 2.59. The van der Waals surface area contributed by atoms with Gasteiger partial charge in [-0.1, -0.05) is 26.0 Å². The first kappa shape index (κ1) is 12.6. The number of carbonyl (C=O) groups excluding carboxylic acids is 1. The highest BCUT2D eigenvalue weighted by atomic mass is 19.1. The van der Waals surface area contributed by atoms with E-state index < -0.39 is 18.1 Å². The Hall–Kier alpha value is -1.46. The zero-order chi connectivity index (χ0) is 12.3. The van der Waals surface area contributed by atoms with Gasteiger partial charge in [0, 0.05) is 12.5 Å². The number of alkyl halides is 1.